The Morgan fingerprint density at radius 1 is 1.29 bits per heavy atom. The molecule has 0 spiro atoms. The number of hydrogen-bond donors (Lipinski definition) is 5. The Morgan fingerprint density at radius 3 is 2.56 bits per heavy atom. The van der Waals surface area contributed by atoms with Crippen LogP contribution in [0, 0.1) is 0 Å². The van der Waals surface area contributed by atoms with Gasteiger partial charge in [-0.25, -0.2) is 17.5 Å². The van der Waals surface area contributed by atoms with Crippen LogP contribution in [0.5, 0.6) is 0 Å². The largest absolute Gasteiger partial charge is 0.387 e. The molecule has 1 saturated heterocycles. The standard InChI is InChI=1S/C17H24ClFN5O8PS/c1-17(19,33(27,28)29)34(30,31)7-10-11(25)12(26)15(32-10)24-14-9(6-20-24)13(22-16(18)23-14)21-8-4-2-3-5-8/h6,8,10-12,15,25-26H,2-5,7H2,1H3,(H,21,22,23)(H2,27,28,29)/t10-,11-,12-,15-,17?/m1/s1. The minimum absolute atomic E-state index is 0.128. The van der Waals surface area contributed by atoms with Crippen molar-refractivity contribution in [2.24, 2.45) is 0 Å². The predicted octanol–water partition coefficient (Wildman–Crippen LogP) is 0.689. The number of alkyl halides is 1. The van der Waals surface area contributed by atoms with Crippen molar-refractivity contribution in [3.8, 4) is 0 Å². The van der Waals surface area contributed by atoms with Gasteiger partial charge in [-0.3, -0.25) is 4.57 Å². The lowest BCUT2D eigenvalue weighted by atomic mass is 10.1. The second-order valence-electron chi connectivity index (χ2n) is 8.53. The van der Waals surface area contributed by atoms with Crippen molar-refractivity contribution in [1.82, 2.24) is 19.7 Å². The molecule has 0 radical (unpaired) electrons. The molecule has 2 aliphatic rings. The fourth-order valence-electron chi connectivity index (χ4n) is 4.08. The molecule has 17 heteroatoms. The number of hydrogen-bond acceptors (Lipinski definition) is 10. The molecule has 1 unspecified atom stereocenters. The highest BCUT2D eigenvalue weighted by molar-refractivity contribution is 7.99. The maximum atomic E-state index is 14.5. The van der Waals surface area contributed by atoms with E-state index < -0.39 is 52.5 Å². The average Bonchev–Trinajstić information content (AvgIpc) is 3.43. The number of nitrogens with one attached hydrogen (secondary N) is 1. The first-order valence-corrected chi connectivity index (χ1v) is 14.0. The van der Waals surface area contributed by atoms with Crippen LogP contribution in [0.1, 0.15) is 38.8 Å². The highest BCUT2D eigenvalue weighted by Gasteiger charge is 2.57. The van der Waals surface area contributed by atoms with E-state index in [1.54, 1.807) is 0 Å². The number of aliphatic hydroxyl groups is 2. The monoisotopic (exact) mass is 543 g/mol. The van der Waals surface area contributed by atoms with Gasteiger partial charge in [0.05, 0.1) is 17.3 Å². The highest BCUT2D eigenvalue weighted by atomic mass is 35.5. The van der Waals surface area contributed by atoms with E-state index in [9.17, 15) is 27.6 Å². The molecule has 1 aliphatic heterocycles. The molecular formula is C17H24ClFN5O8PS. The van der Waals surface area contributed by atoms with Gasteiger partial charge < -0.3 is 30.1 Å². The lowest BCUT2D eigenvalue weighted by Crippen LogP contribution is -2.41. The lowest BCUT2D eigenvalue weighted by molar-refractivity contribution is -0.0365. The smallest absolute Gasteiger partial charge is 0.377 e. The summed E-state index contributed by atoms with van der Waals surface area (Å²) in [7, 11) is -10.8. The SMILES string of the molecule is CC(F)(P(=O)(O)O)S(=O)(=O)C[C@H]1O[C@@H](n2ncc3c(NC4CCCC4)nc(Cl)nc32)[C@H](O)[C@@H]1O. The number of aromatic nitrogens is 4. The molecule has 5 N–H and O–H groups in total. The van der Waals surface area contributed by atoms with Crippen LogP contribution in [0.4, 0.5) is 10.2 Å². The van der Waals surface area contributed by atoms with Crippen molar-refractivity contribution in [3.05, 3.63) is 11.5 Å². The maximum Gasteiger partial charge on any atom is 0.377 e. The van der Waals surface area contributed by atoms with Gasteiger partial charge in [-0.1, -0.05) is 12.8 Å². The summed E-state index contributed by atoms with van der Waals surface area (Å²) in [4.78, 5) is 26.5. The van der Waals surface area contributed by atoms with E-state index in [4.69, 9.17) is 26.1 Å². The molecule has 4 rings (SSSR count). The van der Waals surface area contributed by atoms with Gasteiger partial charge in [-0.05, 0) is 31.4 Å². The van der Waals surface area contributed by atoms with E-state index in [0.29, 0.717) is 11.2 Å². The summed E-state index contributed by atoms with van der Waals surface area (Å²) >= 11 is 6.07. The number of halogens is 2. The minimum atomic E-state index is -5.71. The maximum absolute atomic E-state index is 14.5. The van der Waals surface area contributed by atoms with Gasteiger partial charge in [-0.2, -0.15) is 15.1 Å². The Morgan fingerprint density at radius 2 is 1.94 bits per heavy atom. The predicted molar refractivity (Wildman–Crippen MR) is 117 cm³/mol. The molecule has 0 aromatic carbocycles. The van der Waals surface area contributed by atoms with Crippen molar-refractivity contribution in [2.75, 3.05) is 11.1 Å². The van der Waals surface area contributed by atoms with Crippen LogP contribution in [0.15, 0.2) is 6.20 Å². The molecule has 2 aromatic heterocycles. The van der Waals surface area contributed by atoms with Gasteiger partial charge in [0, 0.05) is 6.04 Å². The summed E-state index contributed by atoms with van der Waals surface area (Å²) in [6.45, 7) is 0.233. The van der Waals surface area contributed by atoms with E-state index in [1.165, 1.54) is 6.20 Å². The molecule has 190 valence electrons. The normalized spacial score (nSPS) is 28.4. The summed E-state index contributed by atoms with van der Waals surface area (Å²) < 4.78 is 53.2. The van der Waals surface area contributed by atoms with E-state index in [0.717, 1.165) is 30.4 Å². The number of sulfone groups is 1. The van der Waals surface area contributed by atoms with Gasteiger partial charge >= 0.3 is 12.3 Å². The minimum Gasteiger partial charge on any atom is -0.387 e. The van der Waals surface area contributed by atoms with Crippen LogP contribution in [0.3, 0.4) is 0 Å². The van der Waals surface area contributed by atoms with Gasteiger partial charge in [0.25, 0.3) is 0 Å². The number of fused-ring (bicyclic) bond motifs is 1. The number of ether oxygens (including phenoxy) is 1. The van der Waals surface area contributed by atoms with Crippen molar-refractivity contribution in [2.45, 2.75) is 67.9 Å². The van der Waals surface area contributed by atoms with E-state index >= 15 is 0 Å². The van der Waals surface area contributed by atoms with Crippen LogP contribution >= 0.6 is 19.2 Å². The molecule has 34 heavy (non-hydrogen) atoms. The number of anilines is 1. The van der Waals surface area contributed by atoms with Crippen LogP contribution in [-0.2, 0) is 19.1 Å². The molecule has 2 aromatic rings. The molecule has 1 aliphatic carbocycles. The van der Waals surface area contributed by atoms with Gasteiger partial charge in [0.2, 0.25) is 5.28 Å². The molecule has 5 atom stereocenters. The van der Waals surface area contributed by atoms with Gasteiger partial charge in [0.1, 0.15) is 24.1 Å². The highest BCUT2D eigenvalue weighted by Crippen LogP contribution is 2.55. The summed E-state index contributed by atoms with van der Waals surface area (Å²) in [5, 5.41) is 28.6. The molecule has 0 amide bonds. The molecular weight excluding hydrogens is 520 g/mol. The number of rotatable bonds is 7. The first kappa shape index (κ1) is 25.6. The summed E-state index contributed by atoms with van der Waals surface area (Å²) in [5.41, 5.74) is 0.130. The second kappa shape index (κ2) is 8.89. The Labute approximate surface area is 198 Å². The van der Waals surface area contributed by atoms with Crippen LogP contribution in [0.25, 0.3) is 11.0 Å². The van der Waals surface area contributed by atoms with E-state index in [2.05, 4.69) is 20.4 Å². The third kappa shape index (κ3) is 4.44. The number of aliphatic hydroxyl groups excluding tert-OH is 2. The third-order valence-electron chi connectivity index (χ3n) is 6.17. The molecule has 3 heterocycles. The molecule has 1 saturated carbocycles. The third-order valence-corrected chi connectivity index (χ3v) is 10.8. The fraction of sp³-hybridized carbons (Fsp3) is 0.706. The Hall–Kier alpha value is -1.45. The van der Waals surface area contributed by atoms with Gasteiger partial charge in [0.15, 0.2) is 21.7 Å². The first-order chi connectivity index (χ1) is 15.7. The zero-order chi connectivity index (χ0) is 25.1. The fourth-order valence-corrected chi connectivity index (χ4v) is 6.93. The van der Waals surface area contributed by atoms with Crippen molar-refractivity contribution in [3.63, 3.8) is 0 Å². The van der Waals surface area contributed by atoms with E-state index in [1.807, 2.05) is 0 Å². The summed E-state index contributed by atoms with van der Waals surface area (Å²) in [6, 6.07) is 0.186. The van der Waals surface area contributed by atoms with Crippen molar-refractivity contribution >= 4 is 45.9 Å². The topological polar surface area (TPSA) is 197 Å². The Balaban J connectivity index is 1.62. The van der Waals surface area contributed by atoms with Crippen LogP contribution < -0.4 is 5.32 Å². The van der Waals surface area contributed by atoms with Crippen molar-refractivity contribution in [1.29, 1.82) is 0 Å². The molecule has 2 fully saturated rings. The Kier molecular flexibility index (Phi) is 6.70. The second-order valence-corrected chi connectivity index (χ2v) is 13.4. The summed E-state index contributed by atoms with van der Waals surface area (Å²) in [6.07, 6.45) is -1.27. The lowest BCUT2D eigenvalue weighted by Gasteiger charge is -2.24. The number of nitrogens with zero attached hydrogens (tertiary/aromatic N) is 4. The van der Waals surface area contributed by atoms with Crippen LogP contribution in [0.2, 0.25) is 5.28 Å². The van der Waals surface area contributed by atoms with E-state index in [-0.39, 0.29) is 23.9 Å². The first-order valence-electron chi connectivity index (χ1n) is 10.4. The quantitative estimate of drug-likeness (QED) is 0.242. The van der Waals surface area contributed by atoms with Gasteiger partial charge in [-0.15, -0.1) is 0 Å². The zero-order valence-electron chi connectivity index (χ0n) is 17.8. The zero-order valence-corrected chi connectivity index (χ0v) is 20.3. The van der Waals surface area contributed by atoms with Crippen molar-refractivity contribution < 1.29 is 42.1 Å². The Bertz CT molecular complexity index is 1230. The molecule has 13 nitrogen and oxygen atoms in total. The van der Waals surface area contributed by atoms with Crippen LogP contribution in [-0.4, -0.2) is 83.0 Å². The molecule has 0 bridgehead atoms. The summed E-state index contributed by atoms with van der Waals surface area (Å²) in [5.74, 6) is -0.890. The average molecular weight is 544 g/mol.